The summed E-state index contributed by atoms with van der Waals surface area (Å²) in [5, 5.41) is 3.27. The van der Waals surface area contributed by atoms with Crippen molar-refractivity contribution in [2.75, 3.05) is 5.32 Å². The SMILES string of the molecule is Cc1nc(Cl)ccc1NC(=O)CC(C)(C)C. The highest BCUT2D eigenvalue weighted by atomic mass is 35.5. The van der Waals surface area contributed by atoms with E-state index in [1.807, 2.05) is 27.7 Å². The maximum absolute atomic E-state index is 11.7. The van der Waals surface area contributed by atoms with E-state index in [9.17, 15) is 4.79 Å². The van der Waals surface area contributed by atoms with E-state index in [2.05, 4.69) is 10.3 Å². The van der Waals surface area contributed by atoms with Crippen molar-refractivity contribution in [2.45, 2.75) is 34.1 Å². The van der Waals surface area contributed by atoms with Gasteiger partial charge in [-0.05, 0) is 24.5 Å². The quantitative estimate of drug-likeness (QED) is 0.805. The standard InChI is InChI=1S/C12H17ClN2O/c1-8-9(5-6-10(13)14-8)15-11(16)7-12(2,3)4/h5-6H,7H2,1-4H3,(H,15,16). The predicted molar refractivity (Wildman–Crippen MR) is 66.7 cm³/mol. The van der Waals surface area contributed by atoms with Gasteiger partial charge in [-0.25, -0.2) is 4.98 Å². The Hall–Kier alpha value is -1.09. The molecule has 0 aliphatic heterocycles. The molecule has 1 aromatic heterocycles. The van der Waals surface area contributed by atoms with E-state index in [0.717, 1.165) is 11.4 Å². The van der Waals surface area contributed by atoms with Crippen molar-refractivity contribution >= 4 is 23.2 Å². The topological polar surface area (TPSA) is 42.0 Å². The lowest BCUT2D eigenvalue weighted by Gasteiger charge is -2.17. The predicted octanol–water partition coefficient (Wildman–Crippen LogP) is 3.42. The van der Waals surface area contributed by atoms with Gasteiger partial charge in [0.25, 0.3) is 0 Å². The molecule has 0 saturated heterocycles. The second kappa shape index (κ2) is 4.83. The van der Waals surface area contributed by atoms with Crippen LogP contribution in [-0.4, -0.2) is 10.9 Å². The van der Waals surface area contributed by atoms with Gasteiger partial charge in [0.1, 0.15) is 5.15 Å². The van der Waals surface area contributed by atoms with Crippen LogP contribution in [0.3, 0.4) is 0 Å². The van der Waals surface area contributed by atoms with Crippen molar-refractivity contribution < 1.29 is 4.79 Å². The largest absolute Gasteiger partial charge is 0.324 e. The molecule has 0 saturated carbocycles. The molecular formula is C12H17ClN2O. The number of amides is 1. The smallest absolute Gasteiger partial charge is 0.224 e. The van der Waals surface area contributed by atoms with Crippen molar-refractivity contribution in [1.82, 2.24) is 4.98 Å². The molecule has 0 fully saturated rings. The van der Waals surface area contributed by atoms with Gasteiger partial charge in [0.2, 0.25) is 5.91 Å². The number of carbonyl (C=O) groups excluding carboxylic acids is 1. The molecule has 1 aromatic rings. The van der Waals surface area contributed by atoms with Crippen molar-refractivity contribution in [3.05, 3.63) is 23.0 Å². The van der Waals surface area contributed by atoms with Crippen LogP contribution in [0.5, 0.6) is 0 Å². The first kappa shape index (κ1) is 13.0. The van der Waals surface area contributed by atoms with E-state index >= 15 is 0 Å². The lowest BCUT2D eigenvalue weighted by molar-refractivity contribution is -0.117. The van der Waals surface area contributed by atoms with E-state index in [-0.39, 0.29) is 11.3 Å². The maximum atomic E-state index is 11.7. The molecule has 4 heteroatoms. The third kappa shape index (κ3) is 4.19. The molecule has 1 amide bonds. The maximum Gasteiger partial charge on any atom is 0.224 e. The van der Waals surface area contributed by atoms with E-state index in [1.54, 1.807) is 12.1 Å². The van der Waals surface area contributed by atoms with Crippen molar-refractivity contribution in [3.63, 3.8) is 0 Å². The van der Waals surface area contributed by atoms with Gasteiger partial charge in [-0.2, -0.15) is 0 Å². The van der Waals surface area contributed by atoms with Gasteiger partial charge in [-0.3, -0.25) is 4.79 Å². The van der Waals surface area contributed by atoms with Crippen LogP contribution in [0.25, 0.3) is 0 Å². The van der Waals surface area contributed by atoms with Crippen LogP contribution < -0.4 is 5.32 Å². The molecule has 0 aromatic carbocycles. The molecule has 1 rings (SSSR count). The number of hydrogen-bond donors (Lipinski definition) is 1. The van der Waals surface area contributed by atoms with Crippen LogP contribution in [0.1, 0.15) is 32.9 Å². The molecule has 88 valence electrons. The summed E-state index contributed by atoms with van der Waals surface area (Å²) in [5.74, 6) is -0.000257. The minimum Gasteiger partial charge on any atom is -0.324 e. The Labute approximate surface area is 101 Å². The molecule has 0 unspecified atom stereocenters. The molecule has 16 heavy (non-hydrogen) atoms. The summed E-state index contributed by atoms with van der Waals surface area (Å²) in [7, 11) is 0. The van der Waals surface area contributed by atoms with Crippen LogP contribution in [0.4, 0.5) is 5.69 Å². The first-order valence-electron chi connectivity index (χ1n) is 5.21. The number of rotatable bonds is 2. The molecule has 1 N–H and O–H groups in total. The number of aryl methyl sites for hydroxylation is 1. The van der Waals surface area contributed by atoms with Crippen LogP contribution >= 0.6 is 11.6 Å². The van der Waals surface area contributed by atoms with Crippen LogP contribution in [0.2, 0.25) is 5.15 Å². The molecular weight excluding hydrogens is 224 g/mol. The summed E-state index contributed by atoms with van der Waals surface area (Å²) < 4.78 is 0. The Kier molecular flexibility index (Phi) is 3.92. The van der Waals surface area contributed by atoms with Crippen molar-refractivity contribution in [2.24, 2.45) is 5.41 Å². The first-order valence-corrected chi connectivity index (χ1v) is 5.59. The monoisotopic (exact) mass is 240 g/mol. The summed E-state index contributed by atoms with van der Waals surface area (Å²) in [6.45, 7) is 7.90. The zero-order chi connectivity index (χ0) is 12.3. The normalized spacial score (nSPS) is 11.3. The number of aromatic nitrogens is 1. The van der Waals surface area contributed by atoms with Gasteiger partial charge in [0, 0.05) is 6.42 Å². The van der Waals surface area contributed by atoms with Gasteiger partial charge < -0.3 is 5.32 Å². The fourth-order valence-corrected chi connectivity index (χ4v) is 1.53. The molecule has 0 atom stereocenters. The number of pyridine rings is 1. The third-order valence-electron chi connectivity index (χ3n) is 2.02. The van der Waals surface area contributed by atoms with E-state index in [4.69, 9.17) is 11.6 Å². The number of nitrogens with one attached hydrogen (secondary N) is 1. The number of anilines is 1. The number of carbonyl (C=O) groups is 1. The number of hydrogen-bond acceptors (Lipinski definition) is 2. The molecule has 1 heterocycles. The van der Waals surface area contributed by atoms with E-state index < -0.39 is 0 Å². The van der Waals surface area contributed by atoms with Crippen LogP contribution in [-0.2, 0) is 4.79 Å². The molecule has 0 bridgehead atoms. The number of nitrogens with zero attached hydrogens (tertiary/aromatic N) is 1. The number of halogens is 1. The lowest BCUT2D eigenvalue weighted by Crippen LogP contribution is -2.20. The van der Waals surface area contributed by atoms with Gasteiger partial charge in [0.15, 0.2) is 0 Å². The first-order chi connectivity index (χ1) is 7.28. The third-order valence-corrected chi connectivity index (χ3v) is 2.23. The second-order valence-electron chi connectivity index (χ2n) is 5.05. The average Bonchev–Trinajstić information content (AvgIpc) is 2.06. The summed E-state index contributed by atoms with van der Waals surface area (Å²) in [6, 6.07) is 3.44. The van der Waals surface area contributed by atoms with Gasteiger partial charge >= 0.3 is 0 Å². The van der Waals surface area contributed by atoms with Gasteiger partial charge in [-0.15, -0.1) is 0 Å². The van der Waals surface area contributed by atoms with Crippen LogP contribution in [0.15, 0.2) is 12.1 Å². The zero-order valence-electron chi connectivity index (χ0n) is 10.1. The van der Waals surface area contributed by atoms with Gasteiger partial charge in [-0.1, -0.05) is 32.4 Å². The summed E-state index contributed by atoms with van der Waals surface area (Å²) in [5.41, 5.74) is 1.44. The Balaban J connectivity index is 2.70. The Bertz CT molecular complexity index is 396. The van der Waals surface area contributed by atoms with Crippen molar-refractivity contribution in [3.8, 4) is 0 Å². The second-order valence-corrected chi connectivity index (χ2v) is 5.44. The summed E-state index contributed by atoms with van der Waals surface area (Å²) >= 11 is 5.74. The van der Waals surface area contributed by atoms with E-state index in [1.165, 1.54) is 0 Å². The lowest BCUT2D eigenvalue weighted by atomic mass is 9.92. The zero-order valence-corrected chi connectivity index (χ0v) is 10.9. The summed E-state index contributed by atoms with van der Waals surface area (Å²) in [6.07, 6.45) is 0.481. The minimum atomic E-state index is -0.0160. The highest BCUT2D eigenvalue weighted by Crippen LogP contribution is 2.21. The van der Waals surface area contributed by atoms with Crippen molar-refractivity contribution in [1.29, 1.82) is 0 Å². The fourth-order valence-electron chi connectivity index (χ4n) is 1.34. The molecule has 0 aliphatic rings. The molecule has 3 nitrogen and oxygen atoms in total. The fraction of sp³-hybridized carbons (Fsp3) is 0.500. The highest BCUT2D eigenvalue weighted by molar-refractivity contribution is 6.29. The molecule has 0 spiro atoms. The van der Waals surface area contributed by atoms with E-state index in [0.29, 0.717) is 11.6 Å². The molecule has 0 aliphatic carbocycles. The van der Waals surface area contributed by atoms with Crippen LogP contribution in [0, 0.1) is 12.3 Å². The Morgan fingerprint density at radius 1 is 1.44 bits per heavy atom. The molecule has 0 radical (unpaired) electrons. The minimum absolute atomic E-state index is 0.000257. The van der Waals surface area contributed by atoms with Gasteiger partial charge in [0.05, 0.1) is 11.4 Å². The Morgan fingerprint density at radius 2 is 2.06 bits per heavy atom. The highest BCUT2D eigenvalue weighted by Gasteiger charge is 2.16. The Morgan fingerprint density at radius 3 is 2.56 bits per heavy atom. The summed E-state index contributed by atoms with van der Waals surface area (Å²) in [4.78, 5) is 15.8. The average molecular weight is 241 g/mol.